The average molecular weight is 327 g/mol. The first-order valence-corrected chi connectivity index (χ1v) is 7.33. The van der Waals surface area contributed by atoms with Crippen LogP contribution in [0, 0.1) is 0 Å². The van der Waals surface area contributed by atoms with Gasteiger partial charge in [-0.25, -0.2) is 0 Å². The van der Waals surface area contributed by atoms with E-state index < -0.39 is 11.1 Å². The zero-order chi connectivity index (χ0) is 14.3. The minimum atomic E-state index is -0.681. The van der Waals surface area contributed by atoms with Crippen LogP contribution in [-0.4, -0.2) is 9.97 Å². The number of benzene rings is 1. The van der Waals surface area contributed by atoms with Gasteiger partial charge in [0, 0.05) is 4.88 Å². The van der Waals surface area contributed by atoms with Crippen molar-refractivity contribution in [3.63, 3.8) is 0 Å². The molecule has 2 aromatic heterocycles. The van der Waals surface area contributed by atoms with E-state index in [0.717, 1.165) is 10.4 Å². The molecule has 0 saturated carbocycles. The Labute approximate surface area is 127 Å². The van der Waals surface area contributed by atoms with Gasteiger partial charge in [-0.1, -0.05) is 17.7 Å². The van der Waals surface area contributed by atoms with Crippen molar-refractivity contribution in [2.24, 2.45) is 0 Å². The van der Waals surface area contributed by atoms with Gasteiger partial charge in [0.15, 0.2) is 0 Å². The van der Waals surface area contributed by atoms with Crippen LogP contribution in [0.5, 0.6) is 0 Å². The molecule has 102 valence electrons. The quantitative estimate of drug-likeness (QED) is 0.560. The Morgan fingerprint density at radius 2 is 1.70 bits per heavy atom. The third-order valence-electron chi connectivity index (χ3n) is 2.88. The zero-order valence-corrected chi connectivity index (χ0v) is 12.3. The minimum Gasteiger partial charge on any atom is -0.316 e. The molecule has 0 radical (unpaired) electrons. The average Bonchev–Trinajstić information content (AvgIpc) is 2.85. The number of alkyl halides is 1. The van der Waals surface area contributed by atoms with Crippen LogP contribution >= 0.6 is 34.5 Å². The SMILES string of the molecule is O=c1[nH]c2ccc(C(Cl)c3ccc(Cl)s3)cc2[nH]c1=O. The highest BCUT2D eigenvalue weighted by Gasteiger charge is 2.14. The van der Waals surface area contributed by atoms with Crippen LogP contribution in [0.3, 0.4) is 0 Å². The van der Waals surface area contributed by atoms with E-state index in [2.05, 4.69) is 9.97 Å². The number of aromatic amines is 2. The molecule has 2 N–H and O–H groups in total. The summed E-state index contributed by atoms with van der Waals surface area (Å²) in [6.45, 7) is 0. The van der Waals surface area contributed by atoms with E-state index in [1.807, 2.05) is 12.1 Å². The van der Waals surface area contributed by atoms with E-state index in [1.165, 1.54) is 11.3 Å². The number of aromatic nitrogens is 2. The van der Waals surface area contributed by atoms with Gasteiger partial charge in [0.1, 0.15) is 0 Å². The maximum absolute atomic E-state index is 11.3. The molecular weight excluding hydrogens is 319 g/mol. The number of nitrogens with one attached hydrogen (secondary N) is 2. The molecule has 1 aromatic carbocycles. The Morgan fingerprint density at radius 3 is 2.35 bits per heavy atom. The minimum absolute atomic E-state index is 0.354. The first kappa shape index (κ1) is 13.4. The molecule has 3 rings (SSSR count). The molecule has 3 aromatic rings. The zero-order valence-electron chi connectivity index (χ0n) is 9.94. The van der Waals surface area contributed by atoms with Crippen LogP contribution in [0.15, 0.2) is 39.9 Å². The molecule has 0 bridgehead atoms. The van der Waals surface area contributed by atoms with E-state index in [0.29, 0.717) is 15.4 Å². The Kier molecular flexibility index (Phi) is 3.41. The lowest BCUT2D eigenvalue weighted by Gasteiger charge is -2.08. The standard InChI is InChI=1S/C13H8Cl2N2O2S/c14-10-4-3-9(20-10)11(15)6-1-2-7-8(5-6)17-13(19)12(18)16-7/h1-5,11H,(H,16,18)(H,17,19). The fourth-order valence-corrected chi connectivity index (χ4v) is 3.33. The summed E-state index contributed by atoms with van der Waals surface area (Å²) < 4.78 is 0.671. The largest absolute Gasteiger partial charge is 0.316 e. The van der Waals surface area contributed by atoms with Gasteiger partial charge in [0.2, 0.25) is 0 Å². The van der Waals surface area contributed by atoms with Crippen LogP contribution in [0.1, 0.15) is 15.8 Å². The highest BCUT2D eigenvalue weighted by molar-refractivity contribution is 7.16. The van der Waals surface area contributed by atoms with E-state index in [1.54, 1.807) is 18.2 Å². The summed E-state index contributed by atoms with van der Waals surface area (Å²) in [7, 11) is 0. The number of rotatable bonds is 2. The maximum Gasteiger partial charge on any atom is 0.314 e. The van der Waals surface area contributed by atoms with Crippen molar-refractivity contribution in [2.75, 3.05) is 0 Å². The monoisotopic (exact) mass is 326 g/mol. The highest BCUT2D eigenvalue weighted by atomic mass is 35.5. The van der Waals surface area contributed by atoms with Gasteiger partial charge in [-0.2, -0.15) is 0 Å². The number of halogens is 2. The summed E-state index contributed by atoms with van der Waals surface area (Å²) in [5, 5.41) is -0.354. The molecule has 20 heavy (non-hydrogen) atoms. The number of hydrogen-bond donors (Lipinski definition) is 2. The third-order valence-corrected chi connectivity index (χ3v) is 4.80. The molecule has 4 nitrogen and oxygen atoms in total. The number of hydrogen-bond acceptors (Lipinski definition) is 3. The fourth-order valence-electron chi connectivity index (χ4n) is 1.92. The van der Waals surface area contributed by atoms with Crippen LogP contribution in [0.25, 0.3) is 11.0 Å². The van der Waals surface area contributed by atoms with Crippen molar-refractivity contribution in [3.8, 4) is 0 Å². The Hall–Kier alpha value is -1.56. The molecule has 0 spiro atoms. The van der Waals surface area contributed by atoms with Gasteiger partial charge in [0.25, 0.3) is 0 Å². The van der Waals surface area contributed by atoms with Gasteiger partial charge in [-0.15, -0.1) is 22.9 Å². The topological polar surface area (TPSA) is 65.7 Å². The van der Waals surface area contributed by atoms with E-state index >= 15 is 0 Å². The summed E-state index contributed by atoms with van der Waals surface area (Å²) in [6, 6.07) is 8.92. The van der Waals surface area contributed by atoms with Crippen molar-refractivity contribution >= 4 is 45.6 Å². The molecule has 1 unspecified atom stereocenters. The Bertz CT molecular complexity index is 897. The summed E-state index contributed by atoms with van der Waals surface area (Å²) >= 11 is 13.7. The van der Waals surface area contributed by atoms with Gasteiger partial charge in [0.05, 0.1) is 20.7 Å². The molecule has 1 atom stereocenters. The van der Waals surface area contributed by atoms with Crippen molar-refractivity contribution in [1.82, 2.24) is 9.97 Å². The van der Waals surface area contributed by atoms with Crippen LogP contribution < -0.4 is 11.1 Å². The molecule has 2 heterocycles. The Balaban J connectivity index is 2.11. The van der Waals surface area contributed by atoms with Crippen molar-refractivity contribution in [3.05, 3.63) is 65.8 Å². The maximum atomic E-state index is 11.3. The van der Waals surface area contributed by atoms with E-state index in [4.69, 9.17) is 23.2 Å². The molecular formula is C13H8Cl2N2O2S. The summed E-state index contributed by atoms with van der Waals surface area (Å²) in [5.41, 5.74) is 0.574. The second kappa shape index (κ2) is 5.09. The lowest BCUT2D eigenvalue weighted by atomic mass is 10.1. The molecule has 0 amide bonds. The van der Waals surface area contributed by atoms with Gasteiger partial charge in [-0.3, -0.25) is 9.59 Å². The number of thiophene rings is 1. The summed E-state index contributed by atoms with van der Waals surface area (Å²) in [4.78, 5) is 28.5. The predicted molar refractivity (Wildman–Crippen MR) is 82.2 cm³/mol. The third kappa shape index (κ3) is 2.40. The second-order valence-corrected chi connectivity index (χ2v) is 6.40. The molecule has 0 saturated heterocycles. The second-order valence-electron chi connectivity index (χ2n) is 4.22. The number of H-pyrrole nitrogens is 2. The van der Waals surface area contributed by atoms with Crippen LogP contribution in [-0.2, 0) is 0 Å². The van der Waals surface area contributed by atoms with E-state index in [-0.39, 0.29) is 5.38 Å². The number of fused-ring (bicyclic) bond motifs is 1. The molecule has 7 heteroatoms. The Morgan fingerprint density at radius 1 is 1.00 bits per heavy atom. The molecule has 0 aliphatic heterocycles. The van der Waals surface area contributed by atoms with E-state index in [9.17, 15) is 9.59 Å². The smallest absolute Gasteiger partial charge is 0.314 e. The molecule has 0 aliphatic carbocycles. The van der Waals surface area contributed by atoms with Gasteiger partial charge in [-0.05, 0) is 29.8 Å². The van der Waals surface area contributed by atoms with Crippen LogP contribution in [0.2, 0.25) is 4.34 Å². The molecule has 0 fully saturated rings. The van der Waals surface area contributed by atoms with Crippen molar-refractivity contribution in [2.45, 2.75) is 5.38 Å². The van der Waals surface area contributed by atoms with Crippen LogP contribution in [0.4, 0.5) is 0 Å². The summed E-state index contributed by atoms with van der Waals surface area (Å²) in [6.07, 6.45) is 0. The first-order valence-electron chi connectivity index (χ1n) is 5.70. The van der Waals surface area contributed by atoms with Gasteiger partial charge >= 0.3 is 11.1 Å². The lowest BCUT2D eigenvalue weighted by molar-refractivity contribution is 1.13. The van der Waals surface area contributed by atoms with Crippen molar-refractivity contribution < 1.29 is 0 Å². The molecule has 0 aliphatic rings. The first-order chi connectivity index (χ1) is 9.54. The lowest BCUT2D eigenvalue weighted by Crippen LogP contribution is -2.28. The summed E-state index contributed by atoms with van der Waals surface area (Å²) in [5.74, 6) is 0. The predicted octanol–water partition coefficient (Wildman–Crippen LogP) is 3.26. The normalized spacial score (nSPS) is 12.7. The van der Waals surface area contributed by atoms with Gasteiger partial charge < -0.3 is 9.97 Å². The fraction of sp³-hybridized carbons (Fsp3) is 0.0769. The van der Waals surface area contributed by atoms with Crippen molar-refractivity contribution in [1.29, 1.82) is 0 Å². The highest BCUT2D eigenvalue weighted by Crippen LogP contribution is 2.35.